The lowest BCUT2D eigenvalue weighted by Crippen LogP contribution is -2.15. The lowest BCUT2D eigenvalue weighted by molar-refractivity contribution is 0.525. The van der Waals surface area contributed by atoms with Crippen molar-refractivity contribution in [3.63, 3.8) is 0 Å². The van der Waals surface area contributed by atoms with Gasteiger partial charge in [0.25, 0.3) is 0 Å². The van der Waals surface area contributed by atoms with E-state index in [9.17, 15) is 16.8 Å². The fourth-order valence-corrected chi connectivity index (χ4v) is 4.11. The van der Waals surface area contributed by atoms with E-state index in [0.29, 0.717) is 5.76 Å². The van der Waals surface area contributed by atoms with Crippen molar-refractivity contribution in [2.24, 2.45) is 5.14 Å². The maximum Gasteiger partial charge on any atom is 0.238 e. The monoisotopic (exact) mass is 394 g/mol. The summed E-state index contributed by atoms with van der Waals surface area (Å²) < 4.78 is 53.0. The molecule has 0 bridgehead atoms. The highest BCUT2D eigenvalue weighted by atomic mass is 32.2. The number of benzene rings is 2. The molecule has 0 aliphatic rings. The highest BCUT2D eigenvalue weighted by Crippen LogP contribution is 2.30. The van der Waals surface area contributed by atoms with E-state index < -0.39 is 19.9 Å². The van der Waals surface area contributed by atoms with Crippen LogP contribution in [-0.4, -0.2) is 23.1 Å². The van der Waals surface area contributed by atoms with E-state index in [0.717, 1.165) is 23.3 Å². The molecule has 1 unspecified atom stereocenters. The molecule has 1 atom stereocenters. The molecular weight excluding hydrogens is 376 g/mol. The maximum absolute atomic E-state index is 12.1. The Kier molecular flexibility index (Phi) is 4.55. The number of hydrogen-bond donors (Lipinski definition) is 2. The summed E-state index contributed by atoms with van der Waals surface area (Å²) in [6.45, 7) is 1.82. The van der Waals surface area contributed by atoms with Crippen LogP contribution in [0, 0.1) is 0 Å². The second-order valence-electron chi connectivity index (χ2n) is 6.03. The van der Waals surface area contributed by atoms with Crippen LogP contribution in [0.2, 0.25) is 0 Å². The fraction of sp³-hybridized carbons (Fsp3) is 0.176. The van der Waals surface area contributed by atoms with Crippen LogP contribution in [0.3, 0.4) is 0 Å². The van der Waals surface area contributed by atoms with E-state index in [-0.39, 0.29) is 21.5 Å². The molecule has 3 N–H and O–H groups in total. The smallest absolute Gasteiger partial charge is 0.238 e. The third-order valence-corrected chi connectivity index (χ3v) is 5.97. The molecule has 7 nitrogen and oxygen atoms in total. The van der Waals surface area contributed by atoms with E-state index in [4.69, 9.17) is 9.56 Å². The molecule has 0 saturated carbocycles. The molecule has 2 aromatic carbocycles. The Morgan fingerprint density at radius 3 is 2.35 bits per heavy atom. The lowest BCUT2D eigenvalue weighted by atomic mass is 10.2. The van der Waals surface area contributed by atoms with Crippen LogP contribution >= 0.6 is 0 Å². The summed E-state index contributed by atoms with van der Waals surface area (Å²) >= 11 is 0. The molecule has 1 heterocycles. The van der Waals surface area contributed by atoms with Crippen LogP contribution in [0.4, 0.5) is 5.69 Å². The molecule has 3 aromatic rings. The minimum absolute atomic E-state index is 0.146. The number of hydrogen-bond acceptors (Lipinski definition) is 6. The predicted molar refractivity (Wildman–Crippen MR) is 99.2 cm³/mol. The van der Waals surface area contributed by atoms with Gasteiger partial charge in [-0.15, -0.1) is 0 Å². The number of anilines is 1. The molecule has 26 heavy (non-hydrogen) atoms. The van der Waals surface area contributed by atoms with Crippen LogP contribution in [0.25, 0.3) is 11.0 Å². The average molecular weight is 394 g/mol. The average Bonchev–Trinajstić information content (AvgIpc) is 2.97. The highest BCUT2D eigenvalue weighted by molar-refractivity contribution is 7.91. The van der Waals surface area contributed by atoms with E-state index >= 15 is 0 Å². The number of sulfonamides is 1. The number of primary sulfonamides is 1. The Morgan fingerprint density at radius 1 is 1.04 bits per heavy atom. The summed E-state index contributed by atoms with van der Waals surface area (Å²) in [7, 11) is -7.69. The van der Waals surface area contributed by atoms with Gasteiger partial charge in [0.2, 0.25) is 10.0 Å². The minimum atomic E-state index is -4.01. The van der Waals surface area contributed by atoms with Gasteiger partial charge in [-0.1, -0.05) is 18.2 Å². The van der Waals surface area contributed by atoms with E-state index in [1.165, 1.54) is 12.1 Å². The van der Waals surface area contributed by atoms with Gasteiger partial charge >= 0.3 is 0 Å². The van der Waals surface area contributed by atoms with Gasteiger partial charge in [-0.3, -0.25) is 0 Å². The van der Waals surface area contributed by atoms with Crippen LogP contribution in [-0.2, 0) is 19.9 Å². The van der Waals surface area contributed by atoms with Crippen molar-refractivity contribution >= 4 is 36.5 Å². The van der Waals surface area contributed by atoms with Crippen LogP contribution in [0.5, 0.6) is 0 Å². The molecule has 9 heteroatoms. The van der Waals surface area contributed by atoms with Crippen LogP contribution < -0.4 is 10.5 Å². The van der Waals surface area contributed by atoms with Crippen molar-refractivity contribution < 1.29 is 21.3 Å². The van der Waals surface area contributed by atoms with Crippen molar-refractivity contribution in [3.05, 3.63) is 54.3 Å². The zero-order valence-electron chi connectivity index (χ0n) is 14.1. The Hall–Kier alpha value is -2.36. The molecule has 0 spiro atoms. The molecule has 0 fully saturated rings. The Morgan fingerprint density at radius 2 is 1.73 bits per heavy atom. The van der Waals surface area contributed by atoms with Gasteiger partial charge in [0, 0.05) is 11.6 Å². The van der Waals surface area contributed by atoms with Crippen molar-refractivity contribution in [1.82, 2.24) is 0 Å². The van der Waals surface area contributed by atoms with Gasteiger partial charge in [-0.05, 0) is 37.3 Å². The normalized spacial score (nSPS) is 13.7. The van der Waals surface area contributed by atoms with Gasteiger partial charge in [0.1, 0.15) is 11.3 Å². The van der Waals surface area contributed by atoms with Crippen LogP contribution in [0.15, 0.2) is 62.7 Å². The highest BCUT2D eigenvalue weighted by Gasteiger charge is 2.20. The lowest BCUT2D eigenvalue weighted by Gasteiger charge is -2.16. The molecule has 0 saturated heterocycles. The second kappa shape index (κ2) is 6.42. The first-order valence-corrected chi connectivity index (χ1v) is 11.1. The van der Waals surface area contributed by atoms with Crippen LogP contribution in [0.1, 0.15) is 18.7 Å². The van der Waals surface area contributed by atoms with Crippen molar-refractivity contribution in [2.45, 2.75) is 22.8 Å². The topological polar surface area (TPSA) is 119 Å². The molecule has 0 amide bonds. The molecule has 0 aliphatic heterocycles. The number of furan rings is 1. The van der Waals surface area contributed by atoms with Gasteiger partial charge in [0.15, 0.2) is 9.84 Å². The Bertz CT molecular complexity index is 1150. The largest absolute Gasteiger partial charge is 0.459 e. The zero-order valence-corrected chi connectivity index (χ0v) is 15.8. The van der Waals surface area contributed by atoms with Crippen molar-refractivity contribution in [1.29, 1.82) is 0 Å². The fourth-order valence-electron chi connectivity index (χ4n) is 2.63. The number of fused-ring (bicyclic) bond motifs is 1. The van der Waals surface area contributed by atoms with Gasteiger partial charge in [0.05, 0.1) is 21.5 Å². The van der Waals surface area contributed by atoms with E-state index in [1.54, 1.807) is 0 Å². The van der Waals surface area contributed by atoms with Crippen molar-refractivity contribution in [2.75, 3.05) is 11.6 Å². The number of para-hydroxylation sites is 1. The summed E-state index contributed by atoms with van der Waals surface area (Å²) in [4.78, 5) is -0.410. The molecular formula is C17H18N2O5S2. The maximum atomic E-state index is 12.1. The van der Waals surface area contributed by atoms with E-state index in [2.05, 4.69) is 5.32 Å². The predicted octanol–water partition coefficient (Wildman–Crippen LogP) is 2.66. The first-order valence-electron chi connectivity index (χ1n) is 7.67. The minimum Gasteiger partial charge on any atom is -0.459 e. The number of nitrogens with one attached hydrogen (secondary N) is 1. The quantitative estimate of drug-likeness (QED) is 0.686. The number of nitrogens with two attached hydrogens (primary N) is 1. The van der Waals surface area contributed by atoms with Gasteiger partial charge < -0.3 is 9.73 Å². The molecule has 0 aliphatic carbocycles. The van der Waals surface area contributed by atoms with Gasteiger partial charge in [-0.25, -0.2) is 22.0 Å². The van der Waals surface area contributed by atoms with Gasteiger partial charge in [-0.2, -0.15) is 0 Å². The summed E-state index contributed by atoms with van der Waals surface area (Å²) in [5, 5.41) is 9.10. The summed E-state index contributed by atoms with van der Waals surface area (Å²) in [6.07, 6.45) is 1.01. The summed E-state index contributed by atoms with van der Waals surface area (Å²) in [5.74, 6) is 0.626. The standard InChI is InChI=1S/C17H18N2O5S2/c1-11(16-9-12-5-3-4-6-15(12)24-16)19-14-8-7-13(26(18,22)23)10-17(14)25(2,20)21/h3-11,19H,1-2H3,(H2,18,22,23). The summed E-state index contributed by atoms with van der Waals surface area (Å²) in [6, 6.07) is 12.7. The second-order valence-corrected chi connectivity index (χ2v) is 9.57. The Labute approximate surface area is 151 Å². The Balaban J connectivity index is 2.00. The molecule has 138 valence electrons. The molecule has 0 radical (unpaired) electrons. The SMILES string of the molecule is CC(Nc1ccc(S(N)(=O)=O)cc1S(C)(=O)=O)c1cc2ccccc2o1. The first-order chi connectivity index (χ1) is 12.1. The third kappa shape index (κ3) is 3.74. The van der Waals surface area contributed by atoms with Crippen molar-refractivity contribution in [3.8, 4) is 0 Å². The third-order valence-electron chi connectivity index (χ3n) is 3.92. The number of sulfone groups is 1. The van der Waals surface area contributed by atoms with E-state index in [1.807, 2.05) is 37.3 Å². The molecule has 3 rings (SSSR count). The first kappa shape index (κ1) is 18.4. The zero-order chi connectivity index (χ0) is 19.1. The summed E-state index contributed by atoms with van der Waals surface area (Å²) in [5.41, 5.74) is 0.997. The molecule has 1 aromatic heterocycles. The number of rotatable bonds is 5.